The second-order valence-electron chi connectivity index (χ2n) is 7.29. The van der Waals surface area contributed by atoms with Crippen molar-refractivity contribution in [3.8, 4) is 5.69 Å². The molecule has 0 N–H and O–H groups in total. The van der Waals surface area contributed by atoms with Crippen LogP contribution in [0.2, 0.25) is 5.02 Å². The minimum Gasteiger partial charge on any atom is -0.300 e. The van der Waals surface area contributed by atoms with E-state index < -0.39 is 0 Å². The first-order valence-corrected chi connectivity index (χ1v) is 9.85. The third kappa shape index (κ3) is 3.54. The average molecular weight is 356 g/mol. The summed E-state index contributed by atoms with van der Waals surface area (Å²) in [7, 11) is 0. The summed E-state index contributed by atoms with van der Waals surface area (Å²) in [5.41, 5.74) is 6.37. The molecule has 4 rings (SSSR count). The predicted molar refractivity (Wildman–Crippen MR) is 105 cm³/mol. The zero-order valence-corrected chi connectivity index (χ0v) is 15.7. The quantitative estimate of drug-likeness (QED) is 0.769. The number of benzene rings is 1. The fourth-order valence-corrected chi connectivity index (χ4v) is 4.16. The number of aromatic nitrogens is 2. The van der Waals surface area contributed by atoms with Crippen LogP contribution < -0.4 is 0 Å². The third-order valence-electron chi connectivity index (χ3n) is 5.51. The molecule has 1 aromatic carbocycles. The summed E-state index contributed by atoms with van der Waals surface area (Å²) in [6.45, 7) is 5.63. The molecular weight excluding hydrogens is 330 g/mol. The van der Waals surface area contributed by atoms with Crippen molar-refractivity contribution in [2.24, 2.45) is 0 Å². The smallest absolute Gasteiger partial charge is 0.0652 e. The van der Waals surface area contributed by atoms with Gasteiger partial charge in [0.2, 0.25) is 0 Å². The van der Waals surface area contributed by atoms with Crippen LogP contribution in [-0.4, -0.2) is 34.3 Å². The number of rotatable bonds is 3. The molecule has 132 valence electrons. The minimum atomic E-state index is 0.812. The fourth-order valence-electron chi connectivity index (χ4n) is 4.04. The summed E-state index contributed by atoms with van der Waals surface area (Å²) < 4.78 is 2.10. The highest BCUT2D eigenvalue weighted by Crippen LogP contribution is 2.32. The van der Waals surface area contributed by atoms with Crippen molar-refractivity contribution < 1.29 is 0 Å². The molecule has 2 aromatic rings. The minimum absolute atomic E-state index is 0.812. The number of fused-ring (bicyclic) bond motifs is 1. The SMILES string of the molecule is Cc1cc(-n2ncc3c2CCC/C3=C\CN2CCCCC2)ccc1Cl. The van der Waals surface area contributed by atoms with Gasteiger partial charge >= 0.3 is 0 Å². The molecule has 1 aliphatic carbocycles. The van der Waals surface area contributed by atoms with Crippen LogP contribution in [0.3, 0.4) is 0 Å². The van der Waals surface area contributed by atoms with Crippen molar-refractivity contribution in [2.75, 3.05) is 19.6 Å². The van der Waals surface area contributed by atoms with Crippen LogP contribution in [-0.2, 0) is 6.42 Å². The number of nitrogens with zero attached hydrogens (tertiary/aromatic N) is 3. The Morgan fingerprint density at radius 2 is 1.96 bits per heavy atom. The average Bonchev–Trinajstić information content (AvgIpc) is 3.08. The van der Waals surface area contributed by atoms with Crippen molar-refractivity contribution in [3.05, 3.63) is 52.3 Å². The van der Waals surface area contributed by atoms with Crippen LogP contribution in [0.1, 0.15) is 48.9 Å². The molecule has 0 amide bonds. The van der Waals surface area contributed by atoms with Gasteiger partial charge in [-0.05, 0) is 81.5 Å². The zero-order chi connectivity index (χ0) is 17.2. The molecule has 25 heavy (non-hydrogen) atoms. The van der Waals surface area contributed by atoms with Crippen molar-refractivity contribution in [1.29, 1.82) is 0 Å². The molecule has 0 radical (unpaired) electrons. The van der Waals surface area contributed by atoms with E-state index in [-0.39, 0.29) is 0 Å². The molecule has 2 heterocycles. The lowest BCUT2D eigenvalue weighted by molar-refractivity contribution is 0.251. The first-order chi connectivity index (χ1) is 12.2. The van der Waals surface area contributed by atoms with Crippen molar-refractivity contribution in [1.82, 2.24) is 14.7 Å². The lowest BCUT2D eigenvalue weighted by Gasteiger charge is -2.26. The molecule has 1 aromatic heterocycles. The van der Waals surface area contributed by atoms with Crippen molar-refractivity contribution >= 4 is 17.2 Å². The van der Waals surface area contributed by atoms with E-state index in [0.29, 0.717) is 0 Å². The van der Waals surface area contributed by atoms with Gasteiger partial charge in [-0.2, -0.15) is 5.10 Å². The van der Waals surface area contributed by atoms with Crippen LogP contribution in [0.5, 0.6) is 0 Å². The molecule has 0 saturated carbocycles. The molecule has 0 spiro atoms. The lowest BCUT2D eigenvalue weighted by atomic mass is 9.92. The normalized spacial score (nSPS) is 20.0. The van der Waals surface area contributed by atoms with E-state index in [1.54, 1.807) is 0 Å². The van der Waals surface area contributed by atoms with E-state index in [4.69, 9.17) is 16.7 Å². The first-order valence-electron chi connectivity index (χ1n) is 9.47. The van der Waals surface area contributed by atoms with Crippen LogP contribution >= 0.6 is 11.6 Å². The number of likely N-dealkylation sites (tertiary alicyclic amines) is 1. The number of hydrogen-bond donors (Lipinski definition) is 0. The Balaban J connectivity index is 1.60. The van der Waals surface area contributed by atoms with Crippen molar-refractivity contribution in [2.45, 2.75) is 45.4 Å². The van der Waals surface area contributed by atoms with E-state index >= 15 is 0 Å². The standard InChI is InChI=1S/C21H26ClN3/c1-16-14-18(8-9-20(16)22)25-21-7-5-6-17(19(21)15-23-25)10-13-24-11-3-2-4-12-24/h8-10,14-15H,2-7,11-13H2,1H3/b17-10+. The number of halogens is 1. The van der Waals surface area contributed by atoms with Gasteiger partial charge in [-0.3, -0.25) is 4.90 Å². The second-order valence-corrected chi connectivity index (χ2v) is 7.70. The van der Waals surface area contributed by atoms with Gasteiger partial charge in [-0.25, -0.2) is 4.68 Å². The van der Waals surface area contributed by atoms with E-state index in [1.165, 1.54) is 62.0 Å². The van der Waals surface area contributed by atoms with E-state index in [2.05, 4.69) is 34.0 Å². The van der Waals surface area contributed by atoms with Gasteiger partial charge < -0.3 is 0 Å². The number of hydrogen-bond acceptors (Lipinski definition) is 2. The molecule has 1 fully saturated rings. The van der Waals surface area contributed by atoms with E-state index in [9.17, 15) is 0 Å². The topological polar surface area (TPSA) is 21.1 Å². The summed E-state index contributed by atoms with van der Waals surface area (Å²) in [5, 5.41) is 5.51. The second kappa shape index (κ2) is 7.35. The number of allylic oxidation sites excluding steroid dienone is 1. The summed E-state index contributed by atoms with van der Waals surface area (Å²) in [5.74, 6) is 0. The van der Waals surface area contributed by atoms with Crippen molar-refractivity contribution in [3.63, 3.8) is 0 Å². The summed E-state index contributed by atoms with van der Waals surface area (Å²) in [6, 6.07) is 6.16. The maximum absolute atomic E-state index is 6.18. The first kappa shape index (κ1) is 16.9. The monoisotopic (exact) mass is 355 g/mol. The number of piperidine rings is 1. The maximum Gasteiger partial charge on any atom is 0.0652 e. The maximum atomic E-state index is 6.18. The summed E-state index contributed by atoms with van der Waals surface area (Å²) in [4.78, 5) is 2.58. The highest BCUT2D eigenvalue weighted by atomic mass is 35.5. The Labute approximate surface area is 155 Å². The Morgan fingerprint density at radius 1 is 1.12 bits per heavy atom. The number of aryl methyl sites for hydroxylation is 1. The van der Waals surface area contributed by atoms with Gasteiger partial charge in [0.1, 0.15) is 0 Å². The van der Waals surface area contributed by atoms with Gasteiger partial charge in [0, 0.05) is 17.1 Å². The van der Waals surface area contributed by atoms with Gasteiger partial charge in [-0.1, -0.05) is 24.1 Å². The third-order valence-corrected chi connectivity index (χ3v) is 5.93. The highest BCUT2D eigenvalue weighted by Gasteiger charge is 2.20. The van der Waals surface area contributed by atoms with Crippen LogP contribution in [0.15, 0.2) is 30.5 Å². The zero-order valence-electron chi connectivity index (χ0n) is 15.0. The van der Waals surface area contributed by atoms with E-state index in [0.717, 1.165) is 29.2 Å². The lowest BCUT2D eigenvalue weighted by Crippen LogP contribution is -2.29. The highest BCUT2D eigenvalue weighted by molar-refractivity contribution is 6.31. The van der Waals surface area contributed by atoms with E-state index in [1.807, 2.05) is 13.0 Å². The molecule has 0 atom stereocenters. The molecule has 1 saturated heterocycles. The Hall–Kier alpha value is -1.58. The van der Waals surface area contributed by atoms with Gasteiger partial charge in [0.05, 0.1) is 17.6 Å². The summed E-state index contributed by atoms with van der Waals surface area (Å²) in [6.07, 6.45) is 12.1. The van der Waals surface area contributed by atoms with Gasteiger partial charge in [0.15, 0.2) is 0 Å². The molecule has 1 aliphatic heterocycles. The Bertz CT molecular complexity index is 784. The largest absolute Gasteiger partial charge is 0.300 e. The summed E-state index contributed by atoms with van der Waals surface area (Å²) >= 11 is 6.18. The molecular formula is C21H26ClN3. The van der Waals surface area contributed by atoms with Crippen LogP contribution in [0, 0.1) is 6.92 Å². The van der Waals surface area contributed by atoms with Gasteiger partial charge in [-0.15, -0.1) is 0 Å². The van der Waals surface area contributed by atoms with Crippen LogP contribution in [0.4, 0.5) is 0 Å². The predicted octanol–water partition coefficient (Wildman–Crippen LogP) is 5.04. The Kier molecular flexibility index (Phi) is 4.96. The Morgan fingerprint density at radius 3 is 2.76 bits per heavy atom. The molecule has 0 bridgehead atoms. The van der Waals surface area contributed by atoms with Crippen LogP contribution in [0.25, 0.3) is 11.3 Å². The molecule has 0 unspecified atom stereocenters. The molecule has 4 heteroatoms. The van der Waals surface area contributed by atoms with Gasteiger partial charge in [0.25, 0.3) is 0 Å². The fraction of sp³-hybridized carbons (Fsp3) is 0.476. The molecule has 2 aliphatic rings. The molecule has 3 nitrogen and oxygen atoms in total.